The predicted molar refractivity (Wildman–Crippen MR) is 114 cm³/mol. The molecule has 6 nitrogen and oxygen atoms in total. The van der Waals surface area contributed by atoms with E-state index in [1.165, 1.54) is 0 Å². The van der Waals surface area contributed by atoms with Crippen LogP contribution in [0.5, 0.6) is 5.88 Å². The van der Waals surface area contributed by atoms with E-state index in [-0.39, 0.29) is 11.0 Å². The fraction of sp³-hybridized carbons (Fsp3) is 0.455. The van der Waals surface area contributed by atoms with Crippen molar-refractivity contribution in [2.24, 2.45) is 5.41 Å². The monoisotopic (exact) mass is 415 g/mol. The SMILES string of the molecule is CCCCCn1c(OCC2(C)COC2)cc(=O)n2cc(-c3ccc(Cl)cc3)nc12. The number of ether oxygens (including phenoxy) is 2. The van der Waals surface area contributed by atoms with E-state index >= 15 is 0 Å². The van der Waals surface area contributed by atoms with Crippen LogP contribution in [0.3, 0.4) is 0 Å². The number of nitrogens with zero attached hydrogens (tertiary/aromatic N) is 3. The first-order valence-electron chi connectivity index (χ1n) is 10.1. The molecule has 1 aliphatic rings. The highest BCUT2D eigenvalue weighted by atomic mass is 35.5. The van der Waals surface area contributed by atoms with Crippen molar-refractivity contribution in [1.29, 1.82) is 0 Å². The Kier molecular flexibility index (Phi) is 5.65. The van der Waals surface area contributed by atoms with Crippen LogP contribution in [0.2, 0.25) is 5.02 Å². The fourth-order valence-electron chi connectivity index (χ4n) is 3.47. The number of benzene rings is 1. The van der Waals surface area contributed by atoms with E-state index in [2.05, 4.69) is 13.8 Å². The molecule has 154 valence electrons. The smallest absolute Gasteiger partial charge is 0.262 e. The lowest BCUT2D eigenvalue weighted by atomic mass is 9.90. The molecule has 3 aromatic rings. The molecule has 0 aliphatic carbocycles. The minimum Gasteiger partial charge on any atom is -0.478 e. The third kappa shape index (κ3) is 4.19. The summed E-state index contributed by atoms with van der Waals surface area (Å²) in [5.41, 5.74) is 1.50. The largest absolute Gasteiger partial charge is 0.478 e. The predicted octanol–water partition coefficient (Wildman–Crippen LogP) is 4.42. The normalized spacial score (nSPS) is 15.4. The second kappa shape index (κ2) is 8.20. The van der Waals surface area contributed by atoms with Gasteiger partial charge in [0.05, 0.1) is 31.6 Å². The first kappa shape index (κ1) is 20.0. The van der Waals surface area contributed by atoms with Gasteiger partial charge in [-0.25, -0.2) is 4.98 Å². The van der Waals surface area contributed by atoms with Crippen LogP contribution in [-0.4, -0.2) is 33.8 Å². The van der Waals surface area contributed by atoms with Crippen LogP contribution in [0, 0.1) is 5.41 Å². The molecule has 0 unspecified atom stereocenters. The topological polar surface area (TPSA) is 57.8 Å². The molecule has 0 amide bonds. The lowest BCUT2D eigenvalue weighted by Gasteiger charge is -2.37. The van der Waals surface area contributed by atoms with E-state index in [0.29, 0.717) is 36.5 Å². The maximum atomic E-state index is 12.8. The summed E-state index contributed by atoms with van der Waals surface area (Å²) in [6, 6.07) is 9.03. The fourth-order valence-corrected chi connectivity index (χ4v) is 3.59. The van der Waals surface area contributed by atoms with Crippen molar-refractivity contribution in [2.75, 3.05) is 19.8 Å². The Morgan fingerprint density at radius 3 is 2.66 bits per heavy atom. The van der Waals surface area contributed by atoms with Crippen LogP contribution in [0.25, 0.3) is 17.0 Å². The van der Waals surface area contributed by atoms with Crippen molar-refractivity contribution < 1.29 is 9.47 Å². The number of aromatic nitrogens is 3. The van der Waals surface area contributed by atoms with Crippen molar-refractivity contribution in [3.8, 4) is 17.1 Å². The van der Waals surface area contributed by atoms with Crippen LogP contribution in [0.4, 0.5) is 0 Å². The zero-order valence-corrected chi connectivity index (χ0v) is 17.6. The van der Waals surface area contributed by atoms with Gasteiger partial charge in [-0.15, -0.1) is 0 Å². The number of unbranched alkanes of at least 4 members (excludes halogenated alkanes) is 2. The third-order valence-electron chi connectivity index (χ3n) is 5.27. The highest BCUT2D eigenvalue weighted by molar-refractivity contribution is 6.30. The number of halogens is 1. The number of fused-ring (bicyclic) bond motifs is 1. The van der Waals surface area contributed by atoms with E-state index in [0.717, 1.165) is 37.1 Å². The van der Waals surface area contributed by atoms with Gasteiger partial charge in [0.25, 0.3) is 5.56 Å². The Morgan fingerprint density at radius 2 is 2.00 bits per heavy atom. The van der Waals surface area contributed by atoms with Crippen molar-refractivity contribution >= 4 is 17.4 Å². The molecule has 0 bridgehead atoms. The summed E-state index contributed by atoms with van der Waals surface area (Å²) < 4.78 is 15.0. The zero-order chi connectivity index (χ0) is 20.4. The summed E-state index contributed by atoms with van der Waals surface area (Å²) in [7, 11) is 0. The van der Waals surface area contributed by atoms with Gasteiger partial charge in [-0.2, -0.15) is 0 Å². The maximum absolute atomic E-state index is 12.8. The summed E-state index contributed by atoms with van der Waals surface area (Å²) in [4.78, 5) is 17.5. The van der Waals surface area contributed by atoms with Crippen LogP contribution in [-0.2, 0) is 11.3 Å². The van der Waals surface area contributed by atoms with Crippen LogP contribution in [0.15, 0.2) is 41.3 Å². The molecule has 3 heterocycles. The summed E-state index contributed by atoms with van der Waals surface area (Å²) in [5.74, 6) is 1.17. The van der Waals surface area contributed by atoms with E-state index in [1.807, 2.05) is 28.8 Å². The number of aryl methyl sites for hydroxylation is 1. The number of hydrogen-bond donors (Lipinski definition) is 0. The molecule has 2 aromatic heterocycles. The highest BCUT2D eigenvalue weighted by Gasteiger charge is 2.34. The molecule has 0 saturated carbocycles. The van der Waals surface area contributed by atoms with Crippen LogP contribution >= 0.6 is 11.6 Å². The average Bonchev–Trinajstić information content (AvgIpc) is 3.13. The summed E-state index contributed by atoms with van der Waals surface area (Å²) in [6.45, 7) is 6.92. The molecular formula is C22H26ClN3O3. The molecule has 0 radical (unpaired) electrons. The van der Waals surface area contributed by atoms with Gasteiger partial charge in [-0.05, 0) is 18.6 Å². The molecular weight excluding hydrogens is 390 g/mol. The molecule has 4 rings (SSSR count). The maximum Gasteiger partial charge on any atom is 0.262 e. The molecule has 0 spiro atoms. The van der Waals surface area contributed by atoms with Crippen LogP contribution < -0.4 is 10.3 Å². The molecule has 1 fully saturated rings. The Balaban J connectivity index is 1.74. The number of hydrogen-bond acceptors (Lipinski definition) is 4. The highest BCUT2D eigenvalue weighted by Crippen LogP contribution is 2.28. The molecule has 1 aromatic carbocycles. The molecule has 29 heavy (non-hydrogen) atoms. The van der Waals surface area contributed by atoms with Gasteiger partial charge in [-0.3, -0.25) is 13.8 Å². The molecule has 1 saturated heterocycles. The van der Waals surface area contributed by atoms with Gasteiger partial charge in [0.1, 0.15) is 0 Å². The second-order valence-electron chi connectivity index (χ2n) is 8.07. The van der Waals surface area contributed by atoms with Gasteiger partial charge in [0.2, 0.25) is 11.7 Å². The first-order valence-corrected chi connectivity index (χ1v) is 10.5. The van der Waals surface area contributed by atoms with E-state index in [9.17, 15) is 4.79 Å². The van der Waals surface area contributed by atoms with Crippen molar-refractivity contribution in [1.82, 2.24) is 14.0 Å². The molecule has 0 atom stereocenters. The second-order valence-corrected chi connectivity index (χ2v) is 8.51. The summed E-state index contributed by atoms with van der Waals surface area (Å²) in [6.07, 6.45) is 5.00. The zero-order valence-electron chi connectivity index (χ0n) is 16.9. The van der Waals surface area contributed by atoms with Gasteiger partial charge in [-0.1, -0.05) is 50.4 Å². The third-order valence-corrected chi connectivity index (χ3v) is 5.53. The minimum atomic E-state index is -0.149. The number of imidazole rings is 1. The van der Waals surface area contributed by atoms with Gasteiger partial charge in [0, 0.05) is 28.7 Å². The van der Waals surface area contributed by atoms with Crippen molar-refractivity contribution in [2.45, 2.75) is 39.7 Å². The van der Waals surface area contributed by atoms with Gasteiger partial charge < -0.3 is 9.47 Å². The van der Waals surface area contributed by atoms with E-state index < -0.39 is 0 Å². The summed E-state index contributed by atoms with van der Waals surface area (Å²) >= 11 is 6.00. The first-order chi connectivity index (χ1) is 14.0. The average molecular weight is 416 g/mol. The Labute approximate surface area is 175 Å². The lowest BCUT2D eigenvalue weighted by Crippen LogP contribution is -2.44. The van der Waals surface area contributed by atoms with Gasteiger partial charge in [0.15, 0.2) is 0 Å². The Morgan fingerprint density at radius 1 is 1.24 bits per heavy atom. The van der Waals surface area contributed by atoms with E-state index in [1.54, 1.807) is 16.7 Å². The minimum absolute atomic E-state index is 0.000311. The van der Waals surface area contributed by atoms with Crippen molar-refractivity contribution in [3.63, 3.8) is 0 Å². The summed E-state index contributed by atoms with van der Waals surface area (Å²) in [5, 5.41) is 0.667. The van der Waals surface area contributed by atoms with Gasteiger partial charge >= 0.3 is 0 Å². The lowest BCUT2D eigenvalue weighted by molar-refractivity contribution is -0.121. The number of rotatable bonds is 8. The molecule has 1 aliphatic heterocycles. The molecule has 7 heteroatoms. The molecule has 0 N–H and O–H groups in total. The quantitative estimate of drug-likeness (QED) is 0.511. The Bertz CT molecular complexity index is 1050. The van der Waals surface area contributed by atoms with Crippen molar-refractivity contribution in [3.05, 3.63) is 51.9 Å². The Hall–Kier alpha value is -2.31. The standard InChI is InChI=1S/C22H26ClN3O3/c1-3-4-5-10-25-20(29-15-22(2)13-28-14-22)11-19(27)26-12-18(24-21(25)26)16-6-8-17(23)9-7-16/h6-9,11-12H,3-5,10,13-15H2,1-2H3. The van der Waals surface area contributed by atoms with Crippen LogP contribution in [0.1, 0.15) is 33.1 Å². The van der Waals surface area contributed by atoms with E-state index in [4.69, 9.17) is 26.1 Å².